The quantitative estimate of drug-likeness (QED) is 0.720. The molecule has 0 aliphatic carbocycles. The molecule has 0 spiro atoms. The molecule has 2 unspecified atom stereocenters. The Morgan fingerprint density at radius 1 is 1.10 bits per heavy atom. The summed E-state index contributed by atoms with van der Waals surface area (Å²) in [5.41, 5.74) is 1.34. The molecule has 0 saturated carbocycles. The molecule has 0 saturated heterocycles. The molecule has 1 aromatic rings. The molecule has 21 heavy (non-hydrogen) atoms. The molecule has 4 heteroatoms. The molecule has 0 bridgehead atoms. The molecule has 0 fully saturated rings. The highest BCUT2D eigenvalue weighted by atomic mass is 32.2. The van der Waals surface area contributed by atoms with Crippen LogP contribution in [-0.4, -0.2) is 32.5 Å². The van der Waals surface area contributed by atoms with Gasteiger partial charge in [0.15, 0.2) is 0 Å². The molecule has 1 aromatic carbocycles. The van der Waals surface area contributed by atoms with Crippen LogP contribution in [0.4, 0.5) is 0 Å². The van der Waals surface area contributed by atoms with Crippen molar-refractivity contribution in [3.8, 4) is 0 Å². The van der Waals surface area contributed by atoms with Crippen molar-refractivity contribution in [2.24, 2.45) is 0 Å². The summed E-state index contributed by atoms with van der Waals surface area (Å²) in [6, 6.07) is 10.9. The van der Waals surface area contributed by atoms with Gasteiger partial charge >= 0.3 is 0 Å². The van der Waals surface area contributed by atoms with E-state index < -0.39 is 9.84 Å². The van der Waals surface area contributed by atoms with E-state index in [0.29, 0.717) is 17.7 Å². The molecule has 0 radical (unpaired) electrons. The second-order valence-corrected chi connectivity index (χ2v) is 7.94. The first-order valence-corrected chi connectivity index (χ1v) is 9.84. The first-order valence-electron chi connectivity index (χ1n) is 8.02. The van der Waals surface area contributed by atoms with Crippen molar-refractivity contribution in [1.82, 2.24) is 5.32 Å². The summed E-state index contributed by atoms with van der Waals surface area (Å²) in [4.78, 5) is 0. The number of hydrogen-bond acceptors (Lipinski definition) is 3. The number of sulfone groups is 1. The Bertz CT molecular complexity index is 485. The van der Waals surface area contributed by atoms with Gasteiger partial charge in [-0.05, 0) is 37.3 Å². The molecule has 0 aromatic heterocycles. The fourth-order valence-electron chi connectivity index (χ4n) is 2.83. The van der Waals surface area contributed by atoms with Crippen LogP contribution in [0.3, 0.4) is 0 Å². The second kappa shape index (κ2) is 9.21. The third-order valence-electron chi connectivity index (χ3n) is 4.03. The van der Waals surface area contributed by atoms with Crippen molar-refractivity contribution in [3.63, 3.8) is 0 Å². The van der Waals surface area contributed by atoms with Gasteiger partial charge in [-0.25, -0.2) is 8.42 Å². The van der Waals surface area contributed by atoms with Gasteiger partial charge in [-0.15, -0.1) is 0 Å². The summed E-state index contributed by atoms with van der Waals surface area (Å²) in [5.74, 6) is 0.987. The lowest BCUT2D eigenvalue weighted by molar-refractivity contribution is 0.404. The molecule has 1 N–H and O–H groups in total. The predicted molar refractivity (Wildman–Crippen MR) is 90.5 cm³/mol. The molecular formula is C17H29NO2S. The minimum Gasteiger partial charge on any atom is -0.314 e. The molecule has 1 rings (SSSR count). The van der Waals surface area contributed by atoms with Gasteiger partial charge in [-0.3, -0.25) is 0 Å². The minimum absolute atomic E-state index is 0.245. The van der Waals surface area contributed by atoms with E-state index >= 15 is 0 Å². The van der Waals surface area contributed by atoms with Crippen molar-refractivity contribution in [2.45, 2.75) is 52.0 Å². The van der Waals surface area contributed by atoms with Gasteiger partial charge in [0.1, 0.15) is 9.84 Å². The van der Waals surface area contributed by atoms with Crippen LogP contribution in [0.25, 0.3) is 0 Å². The largest absolute Gasteiger partial charge is 0.314 e. The number of benzene rings is 1. The standard InChI is InChI=1S/C17H29NO2S/c1-4-16(15-11-8-7-9-12-15)17(18-5-2)13-10-14-21(19,20)6-3/h7-9,11-12,16-18H,4-6,10,13-14H2,1-3H3. The van der Waals surface area contributed by atoms with E-state index in [1.807, 2.05) is 6.07 Å². The van der Waals surface area contributed by atoms with Crippen molar-refractivity contribution in [3.05, 3.63) is 35.9 Å². The molecule has 2 atom stereocenters. The second-order valence-electron chi connectivity index (χ2n) is 5.47. The Kier molecular flexibility index (Phi) is 7.97. The average molecular weight is 311 g/mol. The Labute approximate surface area is 130 Å². The van der Waals surface area contributed by atoms with Crippen LogP contribution in [0, 0.1) is 0 Å². The summed E-state index contributed by atoms with van der Waals surface area (Å²) in [7, 11) is -2.85. The smallest absolute Gasteiger partial charge is 0.150 e. The SMILES string of the molecule is CCNC(CCCS(=O)(=O)CC)C(CC)c1ccccc1. The Balaban J connectivity index is 2.70. The Morgan fingerprint density at radius 2 is 1.76 bits per heavy atom. The average Bonchev–Trinajstić information content (AvgIpc) is 2.49. The van der Waals surface area contributed by atoms with Crippen LogP contribution < -0.4 is 5.32 Å². The van der Waals surface area contributed by atoms with Gasteiger partial charge in [0, 0.05) is 11.8 Å². The number of likely N-dealkylation sites (N-methyl/N-ethyl adjacent to an activating group) is 1. The van der Waals surface area contributed by atoms with Crippen molar-refractivity contribution < 1.29 is 8.42 Å². The van der Waals surface area contributed by atoms with Gasteiger partial charge in [0.25, 0.3) is 0 Å². The van der Waals surface area contributed by atoms with Crippen LogP contribution in [0.15, 0.2) is 30.3 Å². The summed E-state index contributed by atoms with van der Waals surface area (Å²) >= 11 is 0. The molecule has 0 amide bonds. The van der Waals surface area contributed by atoms with Crippen molar-refractivity contribution in [1.29, 1.82) is 0 Å². The fourth-order valence-corrected chi connectivity index (χ4v) is 3.72. The van der Waals surface area contributed by atoms with Gasteiger partial charge < -0.3 is 5.32 Å². The number of rotatable bonds is 10. The van der Waals surface area contributed by atoms with Crippen LogP contribution in [-0.2, 0) is 9.84 Å². The van der Waals surface area contributed by atoms with Crippen LogP contribution in [0.2, 0.25) is 0 Å². The lowest BCUT2D eigenvalue weighted by atomic mass is 9.87. The van der Waals surface area contributed by atoms with E-state index in [1.165, 1.54) is 5.56 Å². The zero-order valence-electron chi connectivity index (χ0n) is 13.5. The van der Waals surface area contributed by atoms with Gasteiger partial charge in [0.05, 0.1) is 5.75 Å². The molecule has 0 heterocycles. The van der Waals surface area contributed by atoms with Gasteiger partial charge in [0.2, 0.25) is 0 Å². The van der Waals surface area contributed by atoms with E-state index in [9.17, 15) is 8.42 Å². The molecule has 0 aliphatic heterocycles. The third kappa shape index (κ3) is 6.18. The van der Waals surface area contributed by atoms with Crippen LogP contribution in [0.5, 0.6) is 0 Å². The van der Waals surface area contributed by atoms with Crippen LogP contribution in [0.1, 0.15) is 51.5 Å². The topological polar surface area (TPSA) is 46.2 Å². The lowest BCUT2D eigenvalue weighted by Gasteiger charge is -2.27. The monoisotopic (exact) mass is 311 g/mol. The summed E-state index contributed by atoms with van der Waals surface area (Å²) in [6.07, 6.45) is 2.69. The molecule has 0 aliphatic rings. The number of hydrogen-bond donors (Lipinski definition) is 1. The summed E-state index contributed by atoms with van der Waals surface area (Å²) in [5, 5.41) is 3.54. The zero-order valence-corrected chi connectivity index (χ0v) is 14.3. The van der Waals surface area contributed by atoms with Gasteiger partial charge in [-0.1, -0.05) is 51.1 Å². The maximum Gasteiger partial charge on any atom is 0.150 e. The Hall–Kier alpha value is -0.870. The normalized spacial score (nSPS) is 14.8. The Morgan fingerprint density at radius 3 is 2.29 bits per heavy atom. The summed E-state index contributed by atoms with van der Waals surface area (Å²) in [6.45, 7) is 6.93. The van der Waals surface area contributed by atoms with E-state index in [-0.39, 0.29) is 5.75 Å². The minimum atomic E-state index is -2.85. The van der Waals surface area contributed by atoms with Crippen molar-refractivity contribution >= 4 is 9.84 Å². The number of nitrogens with one attached hydrogen (secondary N) is 1. The molecule has 120 valence electrons. The summed E-state index contributed by atoms with van der Waals surface area (Å²) < 4.78 is 23.3. The first-order chi connectivity index (χ1) is 10.0. The first kappa shape index (κ1) is 18.2. The van der Waals surface area contributed by atoms with Crippen molar-refractivity contribution in [2.75, 3.05) is 18.1 Å². The van der Waals surface area contributed by atoms with E-state index in [4.69, 9.17) is 0 Å². The van der Waals surface area contributed by atoms with E-state index in [2.05, 4.69) is 43.4 Å². The van der Waals surface area contributed by atoms with Gasteiger partial charge in [-0.2, -0.15) is 0 Å². The van der Waals surface area contributed by atoms with E-state index in [0.717, 1.165) is 25.8 Å². The highest BCUT2D eigenvalue weighted by molar-refractivity contribution is 7.91. The van der Waals surface area contributed by atoms with E-state index in [1.54, 1.807) is 6.92 Å². The maximum atomic E-state index is 11.6. The highest BCUT2D eigenvalue weighted by Gasteiger charge is 2.21. The lowest BCUT2D eigenvalue weighted by Crippen LogP contribution is -2.35. The molecular weight excluding hydrogens is 282 g/mol. The molecule has 3 nitrogen and oxygen atoms in total. The zero-order chi connectivity index (χ0) is 15.7. The maximum absolute atomic E-state index is 11.6. The third-order valence-corrected chi connectivity index (χ3v) is 5.82. The predicted octanol–water partition coefficient (Wildman–Crippen LogP) is 3.37. The highest BCUT2D eigenvalue weighted by Crippen LogP contribution is 2.26. The van der Waals surface area contributed by atoms with Crippen LogP contribution >= 0.6 is 0 Å². The fraction of sp³-hybridized carbons (Fsp3) is 0.647.